The van der Waals surface area contributed by atoms with Crippen molar-refractivity contribution >= 4 is 8.32 Å². The molecule has 1 saturated carbocycles. The minimum atomic E-state index is -1.80. The van der Waals surface area contributed by atoms with Crippen LogP contribution in [0.2, 0.25) is 18.1 Å². The maximum absolute atomic E-state index is 14.1. The zero-order chi connectivity index (χ0) is 34.5. The molecule has 0 N–H and O–H groups in total. The second kappa shape index (κ2) is 15.0. The average Bonchev–Trinajstić information content (AvgIpc) is 3.06. The molecule has 0 amide bonds. The molecule has 2 aromatic heterocycles. The van der Waals surface area contributed by atoms with Gasteiger partial charge in [0, 0.05) is 18.1 Å². The van der Waals surface area contributed by atoms with E-state index in [0.717, 1.165) is 67.3 Å². The van der Waals surface area contributed by atoms with Gasteiger partial charge in [0.25, 0.3) is 5.56 Å². The van der Waals surface area contributed by atoms with Crippen molar-refractivity contribution < 1.29 is 9.16 Å². The van der Waals surface area contributed by atoms with Crippen LogP contribution in [0.3, 0.4) is 0 Å². The molecular weight excluding hydrogens is 615 g/mol. The maximum Gasteiger partial charge on any atom is 0.264 e. The highest BCUT2D eigenvalue weighted by Crippen LogP contribution is 2.39. The summed E-state index contributed by atoms with van der Waals surface area (Å²) < 4.78 is 14.4. The third-order valence-corrected chi connectivity index (χ3v) is 14.4. The van der Waals surface area contributed by atoms with Gasteiger partial charge in [0.2, 0.25) is 5.95 Å². The summed E-state index contributed by atoms with van der Waals surface area (Å²) in [6.45, 7) is 15.4. The fraction of sp³-hybridized carbons (Fsp3) is 0.462. The Kier molecular flexibility index (Phi) is 11.0. The monoisotopic (exact) mass is 663 g/mol. The van der Waals surface area contributed by atoms with Crippen LogP contribution in [0.4, 0.5) is 0 Å². The summed E-state index contributed by atoms with van der Waals surface area (Å²) in [5.74, 6) is 1.45. The highest BCUT2D eigenvalue weighted by Gasteiger charge is 2.40. The molecule has 0 atom stereocenters. The summed E-state index contributed by atoms with van der Waals surface area (Å²) in [5, 5.41) is 9.74. The van der Waals surface area contributed by atoms with E-state index in [4.69, 9.17) is 14.1 Å². The number of rotatable bonds is 11. The number of benzene rings is 2. The van der Waals surface area contributed by atoms with Gasteiger partial charge >= 0.3 is 0 Å². The minimum absolute atomic E-state index is 0.0917. The molecule has 252 valence electrons. The molecule has 4 aromatic rings. The van der Waals surface area contributed by atoms with Gasteiger partial charge in [-0.05, 0) is 86.3 Å². The molecule has 1 aliphatic rings. The summed E-state index contributed by atoms with van der Waals surface area (Å²) in [5.41, 5.74) is 4.80. The van der Waals surface area contributed by atoms with Gasteiger partial charge in [-0.1, -0.05) is 76.6 Å². The van der Waals surface area contributed by atoms with Gasteiger partial charge in [-0.3, -0.25) is 4.79 Å². The lowest BCUT2D eigenvalue weighted by Gasteiger charge is -2.41. The van der Waals surface area contributed by atoms with Crippen molar-refractivity contribution in [2.75, 3.05) is 0 Å². The smallest absolute Gasteiger partial charge is 0.264 e. The first-order chi connectivity index (χ1) is 22.9. The van der Waals surface area contributed by atoms with E-state index in [0.29, 0.717) is 35.2 Å². The molecule has 0 saturated heterocycles. The Labute approximate surface area is 286 Å². The fourth-order valence-corrected chi connectivity index (χ4v) is 7.48. The van der Waals surface area contributed by atoms with Crippen LogP contribution < -0.4 is 10.3 Å². The van der Waals surface area contributed by atoms with Crippen molar-refractivity contribution in [3.8, 4) is 28.9 Å². The van der Waals surface area contributed by atoms with Crippen LogP contribution in [0.5, 0.6) is 5.75 Å². The summed E-state index contributed by atoms with van der Waals surface area (Å²) >= 11 is 0. The molecule has 8 nitrogen and oxygen atoms in total. The summed E-state index contributed by atoms with van der Waals surface area (Å²) in [4.78, 5) is 28.2. The van der Waals surface area contributed by atoms with Gasteiger partial charge in [-0.25, -0.2) is 19.5 Å². The first-order valence-electron chi connectivity index (χ1n) is 17.3. The van der Waals surface area contributed by atoms with E-state index < -0.39 is 8.32 Å². The molecule has 9 heteroatoms. The normalized spacial score (nSPS) is 16.8. The lowest BCUT2D eigenvalue weighted by atomic mass is 9.95. The molecule has 0 radical (unpaired) electrons. The number of hydrogen-bond donors (Lipinski definition) is 0. The predicted molar refractivity (Wildman–Crippen MR) is 193 cm³/mol. The van der Waals surface area contributed by atoms with Gasteiger partial charge in [0.05, 0.1) is 35.8 Å². The van der Waals surface area contributed by atoms with Crippen LogP contribution in [-0.4, -0.2) is 40.0 Å². The highest BCUT2D eigenvalue weighted by atomic mass is 28.4. The maximum atomic E-state index is 14.1. The number of hydrogen-bond acceptors (Lipinski definition) is 7. The first kappa shape index (κ1) is 35.2. The Balaban J connectivity index is 1.32. The van der Waals surface area contributed by atoms with E-state index in [2.05, 4.69) is 56.8 Å². The standard InChI is InChI=1S/C39H49N5O3Si/c1-8-9-14-36-35(23-28-15-17-29(18-16-28)34-13-11-10-12-30(34)24-40)37(45)44(27(2)43-36)38-41-25-33(26-42-38)46-31-19-21-32(22-20-31)47-48(6,7)39(3,4)5/h10-13,15-18,25-26,31-32H,8-9,14,19-23H2,1-7H3. The molecule has 5 rings (SSSR count). The largest absolute Gasteiger partial charge is 0.487 e. The van der Waals surface area contributed by atoms with Crippen molar-refractivity contribution in [3.05, 3.63) is 99.5 Å². The minimum Gasteiger partial charge on any atom is -0.487 e. The molecule has 0 unspecified atom stereocenters. The Morgan fingerprint density at radius 3 is 2.25 bits per heavy atom. The van der Waals surface area contributed by atoms with Crippen molar-refractivity contribution in [1.29, 1.82) is 5.26 Å². The van der Waals surface area contributed by atoms with Crippen molar-refractivity contribution in [3.63, 3.8) is 0 Å². The Morgan fingerprint density at radius 1 is 0.979 bits per heavy atom. The molecule has 0 bridgehead atoms. The molecule has 0 aliphatic heterocycles. The molecular formula is C39H49N5O3Si. The number of aromatic nitrogens is 4. The van der Waals surface area contributed by atoms with E-state index in [9.17, 15) is 10.1 Å². The van der Waals surface area contributed by atoms with Crippen LogP contribution in [0.1, 0.15) is 94.4 Å². The quantitative estimate of drug-likeness (QED) is 0.148. The fourth-order valence-electron chi connectivity index (χ4n) is 6.06. The van der Waals surface area contributed by atoms with E-state index >= 15 is 0 Å². The zero-order valence-electron chi connectivity index (χ0n) is 29.5. The van der Waals surface area contributed by atoms with Crippen LogP contribution in [-0.2, 0) is 17.3 Å². The molecule has 2 aromatic carbocycles. The van der Waals surface area contributed by atoms with Gasteiger partial charge < -0.3 is 9.16 Å². The van der Waals surface area contributed by atoms with Crippen LogP contribution in [0.25, 0.3) is 17.1 Å². The van der Waals surface area contributed by atoms with E-state index in [1.807, 2.05) is 55.5 Å². The second-order valence-corrected chi connectivity index (χ2v) is 19.2. The van der Waals surface area contributed by atoms with Gasteiger partial charge in [-0.2, -0.15) is 5.26 Å². The van der Waals surface area contributed by atoms with Crippen molar-refractivity contribution in [2.45, 2.75) is 116 Å². The summed E-state index contributed by atoms with van der Waals surface area (Å²) in [6.07, 6.45) is 10.7. The number of nitrogens with zero attached hydrogens (tertiary/aromatic N) is 5. The Hall–Kier alpha value is -4.13. The van der Waals surface area contributed by atoms with Gasteiger partial charge in [0.1, 0.15) is 5.82 Å². The third kappa shape index (κ3) is 8.11. The average molecular weight is 664 g/mol. The SMILES string of the molecule is CCCCc1nc(C)n(-c2ncc(OC3CCC(O[Si](C)(C)C(C)(C)C)CC3)cn2)c(=O)c1Cc1ccc(-c2ccccc2C#N)cc1. The Bertz CT molecular complexity index is 1800. The zero-order valence-corrected chi connectivity index (χ0v) is 30.5. The first-order valence-corrected chi connectivity index (χ1v) is 20.2. The molecule has 48 heavy (non-hydrogen) atoms. The lowest BCUT2D eigenvalue weighted by molar-refractivity contribution is 0.0722. The number of ether oxygens (including phenoxy) is 1. The molecule has 1 fully saturated rings. The third-order valence-electron chi connectivity index (χ3n) is 9.90. The topological polar surface area (TPSA) is 103 Å². The van der Waals surface area contributed by atoms with Crippen LogP contribution >= 0.6 is 0 Å². The van der Waals surface area contributed by atoms with Gasteiger partial charge in [-0.15, -0.1) is 0 Å². The van der Waals surface area contributed by atoms with E-state index in [-0.39, 0.29) is 22.6 Å². The molecule has 1 aliphatic carbocycles. The van der Waals surface area contributed by atoms with Crippen LogP contribution in [0.15, 0.2) is 65.7 Å². The van der Waals surface area contributed by atoms with Crippen molar-refractivity contribution in [1.82, 2.24) is 19.5 Å². The predicted octanol–water partition coefficient (Wildman–Crippen LogP) is 8.51. The van der Waals surface area contributed by atoms with Crippen LogP contribution in [0, 0.1) is 18.3 Å². The number of aryl methyl sites for hydroxylation is 2. The molecule has 0 spiro atoms. The van der Waals surface area contributed by atoms with E-state index in [1.165, 1.54) is 4.57 Å². The highest BCUT2D eigenvalue weighted by molar-refractivity contribution is 6.74. The second-order valence-electron chi connectivity index (χ2n) is 14.5. The summed E-state index contributed by atoms with van der Waals surface area (Å²) in [7, 11) is -1.80. The molecule has 2 heterocycles. The van der Waals surface area contributed by atoms with Gasteiger partial charge in [0.15, 0.2) is 14.1 Å². The van der Waals surface area contributed by atoms with Crippen molar-refractivity contribution in [2.24, 2.45) is 0 Å². The van der Waals surface area contributed by atoms with E-state index in [1.54, 1.807) is 12.4 Å². The number of nitriles is 1. The number of unbranched alkanes of at least 4 members (excludes halogenated alkanes) is 1. The Morgan fingerprint density at radius 2 is 1.62 bits per heavy atom. The lowest BCUT2D eigenvalue weighted by Crippen LogP contribution is -2.45. The summed E-state index contributed by atoms with van der Waals surface area (Å²) in [6, 6.07) is 17.9.